The van der Waals surface area contributed by atoms with Crippen LogP contribution in [0.1, 0.15) is 50.5 Å². The topological polar surface area (TPSA) is 0 Å². The monoisotopic (exact) mass is 240 g/mol. The van der Waals surface area contributed by atoms with Crippen molar-refractivity contribution in [3.8, 4) is 0 Å². The van der Waals surface area contributed by atoms with E-state index in [1.165, 1.54) is 63.3 Å². The van der Waals surface area contributed by atoms with Crippen molar-refractivity contribution in [1.29, 1.82) is 0 Å². The Labute approximate surface area is 112 Å². The van der Waals surface area contributed by atoms with Crippen molar-refractivity contribution in [1.82, 2.24) is 0 Å². The predicted molar refractivity (Wildman–Crippen MR) is 80.5 cm³/mol. The van der Waals surface area contributed by atoms with E-state index < -0.39 is 0 Å². The highest BCUT2D eigenvalue weighted by atomic mass is 14.2. The van der Waals surface area contributed by atoms with E-state index in [0.717, 1.165) is 18.3 Å². The lowest BCUT2D eigenvalue weighted by Gasteiger charge is -2.40. The summed E-state index contributed by atoms with van der Waals surface area (Å²) in [5.41, 5.74) is 1.53. The molecule has 0 amide bonds. The molecule has 2 aliphatic rings. The lowest BCUT2D eigenvalue weighted by atomic mass is 9.26. The molecule has 18 heavy (non-hydrogen) atoms. The first-order valence-corrected chi connectivity index (χ1v) is 7.97. The Bertz CT molecular complexity index is 337. The quantitative estimate of drug-likeness (QED) is 0.633. The second-order valence-electron chi connectivity index (χ2n) is 6.42. The van der Waals surface area contributed by atoms with Gasteiger partial charge >= 0.3 is 0 Å². The number of fused-ring (bicyclic) bond motifs is 2. The third kappa shape index (κ3) is 2.82. The van der Waals surface area contributed by atoms with Gasteiger partial charge in [-0.25, -0.2) is 0 Å². The molecule has 0 unspecified atom stereocenters. The molecule has 0 N–H and O–H groups in total. The molecule has 3 rings (SSSR count). The lowest BCUT2D eigenvalue weighted by molar-refractivity contribution is 0.440. The molecule has 2 saturated heterocycles. The predicted octanol–water partition coefficient (Wildman–Crippen LogP) is 5.22. The minimum absolute atomic E-state index is 1.08. The molecule has 0 radical (unpaired) electrons. The van der Waals surface area contributed by atoms with Gasteiger partial charge in [-0.1, -0.05) is 93.2 Å². The zero-order valence-corrected chi connectivity index (χ0v) is 11.5. The van der Waals surface area contributed by atoms with Crippen LogP contribution in [0.3, 0.4) is 0 Å². The van der Waals surface area contributed by atoms with Gasteiger partial charge in [-0.2, -0.15) is 0 Å². The van der Waals surface area contributed by atoms with E-state index in [1.54, 1.807) is 0 Å². The maximum Gasteiger partial charge on any atom is 0.146 e. The Hall–Kier alpha value is -0.715. The molecule has 96 valence electrons. The Balaban J connectivity index is 1.50. The van der Waals surface area contributed by atoms with Gasteiger partial charge in [0, 0.05) is 0 Å². The van der Waals surface area contributed by atoms with Crippen molar-refractivity contribution in [2.24, 2.45) is 0 Å². The van der Waals surface area contributed by atoms with Crippen LogP contribution in [0, 0.1) is 0 Å². The van der Waals surface area contributed by atoms with Crippen LogP contribution >= 0.6 is 0 Å². The van der Waals surface area contributed by atoms with E-state index in [-0.39, 0.29) is 0 Å². The Morgan fingerprint density at radius 1 is 0.889 bits per heavy atom. The third-order valence-corrected chi connectivity index (χ3v) is 5.36. The van der Waals surface area contributed by atoms with E-state index >= 15 is 0 Å². The van der Waals surface area contributed by atoms with Gasteiger partial charge in [0.15, 0.2) is 0 Å². The van der Waals surface area contributed by atoms with Crippen molar-refractivity contribution < 1.29 is 0 Å². The molecular weight excluding hydrogens is 215 g/mol. The van der Waals surface area contributed by atoms with E-state index in [2.05, 4.69) is 30.3 Å². The van der Waals surface area contributed by atoms with Crippen LogP contribution in [-0.2, 0) is 6.42 Å². The van der Waals surface area contributed by atoms with Gasteiger partial charge in [0.2, 0.25) is 0 Å². The smallest absolute Gasteiger partial charge is 0.0734 e. The van der Waals surface area contributed by atoms with Crippen LogP contribution in [0.5, 0.6) is 0 Å². The van der Waals surface area contributed by atoms with Crippen LogP contribution in [-0.4, -0.2) is 6.71 Å². The Morgan fingerprint density at radius 3 is 2.11 bits per heavy atom. The molecule has 0 aliphatic carbocycles. The number of rotatable bonds is 4. The largest absolute Gasteiger partial charge is 0.146 e. The highest BCUT2D eigenvalue weighted by Crippen LogP contribution is 2.48. The second-order valence-corrected chi connectivity index (χ2v) is 6.42. The van der Waals surface area contributed by atoms with E-state index in [1.807, 2.05) is 0 Å². The summed E-state index contributed by atoms with van der Waals surface area (Å²) < 4.78 is 0. The molecule has 1 aromatic rings. The molecule has 2 bridgehead atoms. The maximum absolute atomic E-state index is 2.28. The highest BCUT2D eigenvalue weighted by molar-refractivity contribution is 6.62. The molecule has 0 saturated carbocycles. The molecule has 1 heteroatoms. The first-order chi connectivity index (χ1) is 8.93. The maximum atomic E-state index is 2.28. The van der Waals surface area contributed by atoms with Crippen molar-refractivity contribution in [2.75, 3.05) is 0 Å². The Morgan fingerprint density at radius 2 is 1.50 bits per heavy atom. The highest BCUT2D eigenvalue weighted by Gasteiger charge is 2.37. The van der Waals surface area contributed by atoms with E-state index in [4.69, 9.17) is 0 Å². The van der Waals surface area contributed by atoms with Gasteiger partial charge in [0.25, 0.3) is 0 Å². The van der Waals surface area contributed by atoms with Crippen LogP contribution in [0.15, 0.2) is 30.3 Å². The van der Waals surface area contributed by atoms with Crippen molar-refractivity contribution in [2.45, 2.75) is 69.3 Å². The van der Waals surface area contributed by atoms with Crippen molar-refractivity contribution >= 4 is 6.71 Å². The van der Waals surface area contributed by atoms with E-state index in [0.29, 0.717) is 0 Å². The van der Waals surface area contributed by atoms with Gasteiger partial charge in [-0.3, -0.25) is 0 Å². The van der Waals surface area contributed by atoms with Crippen molar-refractivity contribution in [3.63, 3.8) is 0 Å². The summed E-state index contributed by atoms with van der Waals surface area (Å²) in [6, 6.07) is 11.0. The number of benzene rings is 1. The molecule has 0 nitrogen and oxygen atoms in total. The molecule has 2 aliphatic heterocycles. The number of hydrogen-bond acceptors (Lipinski definition) is 0. The summed E-state index contributed by atoms with van der Waals surface area (Å²) in [6.45, 7) is 1.08. The summed E-state index contributed by atoms with van der Waals surface area (Å²) in [4.78, 5) is 0. The average Bonchev–Trinajstić information content (AvgIpc) is 2.39. The summed E-state index contributed by atoms with van der Waals surface area (Å²) in [5, 5.41) is 0. The standard InChI is InChI=1S/C17H25B/c1-2-7-15(8-3-1)9-6-14-18-16-10-4-11-17(18)13-5-12-16/h1-3,7-8,16-17H,4-6,9-14H2. The van der Waals surface area contributed by atoms with E-state index in [9.17, 15) is 0 Å². The molecule has 2 fully saturated rings. The molecule has 0 aromatic heterocycles. The van der Waals surface area contributed by atoms with Gasteiger partial charge < -0.3 is 0 Å². The zero-order valence-electron chi connectivity index (χ0n) is 11.5. The van der Waals surface area contributed by atoms with Gasteiger partial charge in [-0.05, 0) is 12.0 Å². The first kappa shape index (κ1) is 12.3. The SMILES string of the molecule is c1ccc(CCCB2C3CCCC2CCC3)cc1. The number of hydrogen-bond donors (Lipinski definition) is 0. The third-order valence-electron chi connectivity index (χ3n) is 5.36. The zero-order chi connectivity index (χ0) is 12.2. The fourth-order valence-corrected chi connectivity index (χ4v) is 4.47. The fourth-order valence-electron chi connectivity index (χ4n) is 4.47. The summed E-state index contributed by atoms with van der Waals surface area (Å²) in [5.74, 6) is 2.18. The van der Waals surface area contributed by atoms with Crippen LogP contribution in [0.4, 0.5) is 0 Å². The second kappa shape index (κ2) is 5.95. The van der Waals surface area contributed by atoms with Crippen molar-refractivity contribution in [3.05, 3.63) is 35.9 Å². The fraction of sp³-hybridized carbons (Fsp3) is 0.647. The van der Waals surface area contributed by atoms with Crippen LogP contribution in [0.25, 0.3) is 0 Å². The molecule has 0 spiro atoms. The van der Waals surface area contributed by atoms with Crippen LogP contribution in [0.2, 0.25) is 18.0 Å². The minimum Gasteiger partial charge on any atom is -0.0734 e. The summed E-state index contributed by atoms with van der Waals surface area (Å²) in [7, 11) is 0. The lowest BCUT2D eigenvalue weighted by Crippen LogP contribution is -2.34. The first-order valence-electron chi connectivity index (χ1n) is 7.97. The summed E-state index contributed by atoms with van der Waals surface area (Å²) in [6.07, 6.45) is 13.4. The van der Waals surface area contributed by atoms with Gasteiger partial charge in [0.05, 0.1) is 0 Å². The van der Waals surface area contributed by atoms with Gasteiger partial charge in [0.1, 0.15) is 6.71 Å². The molecule has 1 aromatic carbocycles. The molecule has 2 heterocycles. The van der Waals surface area contributed by atoms with Crippen LogP contribution < -0.4 is 0 Å². The minimum atomic E-state index is 1.08. The number of aryl methyl sites for hydroxylation is 1. The summed E-state index contributed by atoms with van der Waals surface area (Å²) >= 11 is 0. The van der Waals surface area contributed by atoms with Gasteiger partial charge in [-0.15, -0.1) is 0 Å². The Kier molecular flexibility index (Phi) is 4.07. The molecular formula is C17H25B. The normalized spacial score (nSPS) is 27.2. The average molecular weight is 240 g/mol. The molecule has 0 atom stereocenters.